The van der Waals surface area contributed by atoms with Crippen molar-refractivity contribution < 1.29 is 13.2 Å². The van der Waals surface area contributed by atoms with Gasteiger partial charge in [-0.15, -0.1) is 0 Å². The number of aromatic nitrogens is 2. The van der Waals surface area contributed by atoms with Gasteiger partial charge in [0, 0.05) is 18.8 Å². The highest BCUT2D eigenvalue weighted by Gasteiger charge is 2.15. The second kappa shape index (κ2) is 5.85. The molecule has 0 aliphatic rings. The van der Waals surface area contributed by atoms with Crippen LogP contribution in [-0.2, 0) is 28.4 Å². The number of hydrogen-bond donors (Lipinski definition) is 0. The van der Waals surface area contributed by atoms with Crippen molar-refractivity contribution in [3.63, 3.8) is 0 Å². The molecule has 1 aromatic carbocycles. The molecule has 20 heavy (non-hydrogen) atoms. The lowest BCUT2D eigenvalue weighted by atomic mass is 10.2. The molecule has 1 heterocycles. The molecule has 2 rings (SSSR count). The molecule has 0 N–H and O–H groups in total. The summed E-state index contributed by atoms with van der Waals surface area (Å²) in [6, 6.07) is 4.96. The van der Waals surface area contributed by atoms with E-state index in [1.165, 1.54) is 7.11 Å². The monoisotopic (exact) mass is 314 g/mol. The minimum absolute atomic E-state index is 0.0359. The lowest BCUT2D eigenvalue weighted by molar-refractivity contribution is 0.414. The van der Waals surface area contributed by atoms with Gasteiger partial charge in [0.2, 0.25) is 0 Å². The van der Waals surface area contributed by atoms with Crippen LogP contribution < -0.4 is 4.74 Å². The maximum Gasteiger partial charge on any atom is 0.158 e. The predicted molar refractivity (Wildman–Crippen MR) is 77.5 cm³/mol. The summed E-state index contributed by atoms with van der Waals surface area (Å²) in [5.41, 5.74) is 1.32. The number of ether oxygens (including phenoxy) is 1. The molecule has 0 aliphatic heterocycles. The Kier molecular flexibility index (Phi) is 4.35. The Labute approximate surface area is 123 Å². The van der Waals surface area contributed by atoms with E-state index in [-0.39, 0.29) is 11.5 Å². The van der Waals surface area contributed by atoms with Crippen molar-refractivity contribution in [2.45, 2.75) is 11.5 Å². The third kappa shape index (κ3) is 3.74. The Morgan fingerprint density at radius 1 is 1.30 bits per heavy atom. The van der Waals surface area contributed by atoms with Crippen LogP contribution in [0.3, 0.4) is 0 Å². The third-order valence-corrected chi connectivity index (χ3v) is 4.61. The van der Waals surface area contributed by atoms with Gasteiger partial charge >= 0.3 is 0 Å². The fourth-order valence-corrected chi connectivity index (χ4v) is 3.54. The maximum atomic E-state index is 12.2. The van der Waals surface area contributed by atoms with E-state index in [1.54, 1.807) is 42.3 Å². The van der Waals surface area contributed by atoms with Gasteiger partial charge in [-0.25, -0.2) is 8.42 Å². The summed E-state index contributed by atoms with van der Waals surface area (Å²) in [6.07, 6.45) is 3.25. The Morgan fingerprint density at radius 2 is 2.00 bits per heavy atom. The Balaban J connectivity index is 2.15. The van der Waals surface area contributed by atoms with Gasteiger partial charge in [-0.3, -0.25) is 4.68 Å². The summed E-state index contributed by atoms with van der Waals surface area (Å²) in [7, 11) is -0.0188. The number of halogens is 1. The van der Waals surface area contributed by atoms with Gasteiger partial charge in [-0.2, -0.15) is 5.10 Å². The van der Waals surface area contributed by atoms with Gasteiger partial charge in [0.25, 0.3) is 0 Å². The van der Waals surface area contributed by atoms with Crippen LogP contribution in [0.25, 0.3) is 0 Å². The van der Waals surface area contributed by atoms with Crippen molar-refractivity contribution in [3.05, 3.63) is 46.7 Å². The van der Waals surface area contributed by atoms with E-state index in [9.17, 15) is 8.42 Å². The molecule has 0 amide bonds. The Bertz CT molecular complexity index is 710. The van der Waals surface area contributed by atoms with Crippen LogP contribution in [0.4, 0.5) is 0 Å². The summed E-state index contributed by atoms with van der Waals surface area (Å²) in [6.45, 7) is 0. The van der Waals surface area contributed by atoms with Gasteiger partial charge in [0.1, 0.15) is 5.75 Å². The zero-order chi connectivity index (χ0) is 14.8. The zero-order valence-electron chi connectivity index (χ0n) is 11.2. The van der Waals surface area contributed by atoms with Crippen LogP contribution >= 0.6 is 11.6 Å². The van der Waals surface area contributed by atoms with Gasteiger partial charge in [-0.1, -0.05) is 17.7 Å². The average Bonchev–Trinajstić information content (AvgIpc) is 2.76. The van der Waals surface area contributed by atoms with Crippen LogP contribution in [0.5, 0.6) is 5.75 Å². The van der Waals surface area contributed by atoms with Crippen molar-refractivity contribution in [3.8, 4) is 5.75 Å². The summed E-state index contributed by atoms with van der Waals surface area (Å²) in [4.78, 5) is 0. The highest BCUT2D eigenvalue weighted by atomic mass is 35.5. The third-order valence-electron chi connectivity index (χ3n) is 2.75. The van der Waals surface area contributed by atoms with Crippen LogP contribution in [0.15, 0.2) is 30.6 Å². The average molecular weight is 315 g/mol. The van der Waals surface area contributed by atoms with Crippen molar-refractivity contribution in [1.29, 1.82) is 0 Å². The first kappa shape index (κ1) is 14.9. The van der Waals surface area contributed by atoms with Crippen LogP contribution in [-0.4, -0.2) is 25.3 Å². The highest BCUT2D eigenvalue weighted by molar-refractivity contribution is 7.89. The topological polar surface area (TPSA) is 61.2 Å². The fraction of sp³-hybridized carbons (Fsp3) is 0.308. The molecule has 0 unspecified atom stereocenters. The molecule has 0 radical (unpaired) electrons. The molecule has 108 valence electrons. The number of nitrogens with zero attached hydrogens (tertiary/aromatic N) is 2. The number of aryl methyl sites for hydroxylation is 1. The molecule has 0 spiro atoms. The zero-order valence-corrected chi connectivity index (χ0v) is 12.8. The van der Waals surface area contributed by atoms with E-state index in [0.717, 1.165) is 0 Å². The highest BCUT2D eigenvalue weighted by Crippen LogP contribution is 2.26. The van der Waals surface area contributed by atoms with Crippen molar-refractivity contribution in [2.24, 2.45) is 7.05 Å². The van der Waals surface area contributed by atoms with Crippen molar-refractivity contribution in [2.75, 3.05) is 7.11 Å². The number of sulfone groups is 1. The molecule has 0 atom stereocenters. The molecule has 7 heteroatoms. The molecular weight excluding hydrogens is 300 g/mol. The molecular formula is C13H15ClN2O3S. The lowest BCUT2D eigenvalue weighted by Gasteiger charge is -2.07. The summed E-state index contributed by atoms with van der Waals surface area (Å²) < 4.78 is 31.0. The standard InChI is InChI=1S/C13H15ClN2O3S/c1-16-7-11(6-15-16)9-20(17,18)8-10-3-4-12(14)13(5-10)19-2/h3-7H,8-9H2,1-2H3. The quantitative estimate of drug-likeness (QED) is 0.849. The van der Waals surface area contributed by atoms with Crippen molar-refractivity contribution >= 4 is 21.4 Å². The molecule has 5 nitrogen and oxygen atoms in total. The summed E-state index contributed by atoms with van der Waals surface area (Å²) in [5, 5.41) is 4.42. The Morgan fingerprint density at radius 3 is 2.60 bits per heavy atom. The first-order valence-corrected chi connectivity index (χ1v) is 8.10. The molecule has 0 fully saturated rings. The van der Waals surface area contributed by atoms with Crippen LogP contribution in [0, 0.1) is 0 Å². The predicted octanol–water partition coefficient (Wildman–Crippen LogP) is 2.20. The van der Waals surface area contributed by atoms with E-state index < -0.39 is 9.84 Å². The lowest BCUT2D eigenvalue weighted by Crippen LogP contribution is -2.07. The summed E-state index contributed by atoms with van der Waals surface area (Å²) >= 11 is 5.91. The van der Waals surface area contributed by atoms with Crippen LogP contribution in [0.2, 0.25) is 5.02 Å². The molecule has 2 aromatic rings. The van der Waals surface area contributed by atoms with Gasteiger partial charge in [0.05, 0.1) is 29.8 Å². The largest absolute Gasteiger partial charge is 0.495 e. The summed E-state index contributed by atoms with van der Waals surface area (Å²) in [5.74, 6) is 0.377. The minimum atomic E-state index is -3.26. The first-order valence-electron chi connectivity index (χ1n) is 5.90. The number of hydrogen-bond acceptors (Lipinski definition) is 4. The maximum absolute atomic E-state index is 12.2. The van der Waals surface area contributed by atoms with E-state index in [2.05, 4.69) is 5.10 Å². The Hall–Kier alpha value is -1.53. The first-order chi connectivity index (χ1) is 9.39. The van der Waals surface area contributed by atoms with Gasteiger partial charge in [-0.05, 0) is 17.7 Å². The molecule has 0 saturated carbocycles. The second-order valence-electron chi connectivity index (χ2n) is 4.52. The SMILES string of the molecule is COc1cc(CS(=O)(=O)Cc2cnn(C)c2)ccc1Cl. The van der Waals surface area contributed by atoms with E-state index in [1.807, 2.05) is 0 Å². The molecule has 0 bridgehead atoms. The minimum Gasteiger partial charge on any atom is -0.495 e. The smallest absolute Gasteiger partial charge is 0.158 e. The molecule has 0 aliphatic carbocycles. The van der Waals surface area contributed by atoms with Gasteiger partial charge in [0.15, 0.2) is 9.84 Å². The molecule has 1 aromatic heterocycles. The van der Waals surface area contributed by atoms with Crippen LogP contribution in [0.1, 0.15) is 11.1 Å². The number of rotatable bonds is 5. The van der Waals surface area contributed by atoms with Gasteiger partial charge < -0.3 is 4.74 Å². The van der Waals surface area contributed by atoms with Crippen molar-refractivity contribution in [1.82, 2.24) is 9.78 Å². The number of benzene rings is 1. The number of methoxy groups -OCH3 is 1. The van der Waals surface area contributed by atoms with E-state index >= 15 is 0 Å². The van der Waals surface area contributed by atoms with E-state index in [4.69, 9.17) is 16.3 Å². The molecule has 0 saturated heterocycles. The fourth-order valence-electron chi connectivity index (χ4n) is 1.90. The normalized spacial score (nSPS) is 11.6. The second-order valence-corrected chi connectivity index (χ2v) is 7.00. The van der Waals surface area contributed by atoms with E-state index in [0.29, 0.717) is 21.9 Å².